The fraction of sp³-hybridized carbons (Fsp3) is 0.417. The first-order valence-electron chi connectivity index (χ1n) is 11.2. The lowest BCUT2D eigenvalue weighted by Crippen LogP contribution is -2.44. The van der Waals surface area contributed by atoms with Gasteiger partial charge in [-0.15, -0.1) is 0 Å². The van der Waals surface area contributed by atoms with Crippen molar-refractivity contribution in [1.29, 1.82) is 0 Å². The minimum absolute atomic E-state index is 0.0601. The molecule has 9 heteroatoms. The Balaban J connectivity index is 1.31. The van der Waals surface area contributed by atoms with Gasteiger partial charge in [0.15, 0.2) is 11.6 Å². The van der Waals surface area contributed by atoms with Crippen LogP contribution in [0.5, 0.6) is 0 Å². The summed E-state index contributed by atoms with van der Waals surface area (Å²) in [6.07, 6.45) is 4.98. The minimum Gasteiger partial charge on any atom is -0.369 e. The van der Waals surface area contributed by atoms with Crippen LogP contribution in [0.25, 0.3) is 0 Å². The van der Waals surface area contributed by atoms with Gasteiger partial charge in [-0.2, -0.15) is 4.98 Å². The van der Waals surface area contributed by atoms with Gasteiger partial charge in [0.1, 0.15) is 5.94 Å². The van der Waals surface area contributed by atoms with Gasteiger partial charge in [-0.25, -0.2) is 14.2 Å². The van der Waals surface area contributed by atoms with Gasteiger partial charge in [-0.05, 0) is 37.7 Å². The predicted octanol–water partition coefficient (Wildman–Crippen LogP) is 2.10. The van der Waals surface area contributed by atoms with Crippen LogP contribution in [-0.4, -0.2) is 66.1 Å². The van der Waals surface area contributed by atoms with Crippen LogP contribution < -0.4 is 21.3 Å². The Bertz CT molecular complexity index is 1140. The standard InChI is InChI=1S/C24H28FN7O/c1-14-11-15(3-6-20(14)32-9-7-31(2)8-10-32)28-24-27-12-19(25)23(30-24)29-22-17-5-4-16(21(22)26)18(17)13-33/h3-6,11-12,16-17,21-22H,7-10,26H2,1-2H3,(H2,27,28,29,30)/t16-,17+,21-,22+/m0/s1. The molecule has 2 bridgehead atoms. The number of benzene rings is 1. The van der Waals surface area contributed by atoms with Gasteiger partial charge >= 0.3 is 0 Å². The third kappa shape index (κ3) is 3.99. The number of nitrogens with zero attached hydrogens (tertiary/aromatic N) is 4. The summed E-state index contributed by atoms with van der Waals surface area (Å²) in [7, 11) is 2.14. The van der Waals surface area contributed by atoms with Crippen LogP contribution in [0.2, 0.25) is 0 Å². The number of fused-ring (bicyclic) bond motifs is 2. The van der Waals surface area contributed by atoms with E-state index >= 15 is 0 Å². The molecule has 2 fully saturated rings. The van der Waals surface area contributed by atoms with Crippen LogP contribution in [0.15, 0.2) is 42.1 Å². The van der Waals surface area contributed by atoms with E-state index in [0.717, 1.165) is 43.6 Å². The average molecular weight is 450 g/mol. The van der Waals surface area contributed by atoms with Crippen molar-refractivity contribution in [2.24, 2.45) is 17.6 Å². The molecule has 1 aliphatic heterocycles. The largest absolute Gasteiger partial charge is 0.369 e. The summed E-state index contributed by atoms with van der Waals surface area (Å²) in [5.74, 6) is 1.42. The maximum atomic E-state index is 14.5. The lowest BCUT2D eigenvalue weighted by Gasteiger charge is -2.35. The van der Waals surface area contributed by atoms with Crippen molar-refractivity contribution >= 4 is 29.1 Å². The number of nitrogens with one attached hydrogen (secondary N) is 2. The molecule has 2 aromatic rings. The van der Waals surface area contributed by atoms with Crippen molar-refractivity contribution in [3.8, 4) is 0 Å². The molecule has 0 spiro atoms. The molecule has 172 valence electrons. The van der Waals surface area contributed by atoms with E-state index in [9.17, 15) is 9.18 Å². The number of likely N-dealkylation sites (N-methyl/N-ethyl adjacent to an activating group) is 1. The Hall–Kier alpha value is -3.26. The number of rotatable bonds is 5. The fourth-order valence-corrected chi connectivity index (χ4v) is 5.05. The Kier molecular flexibility index (Phi) is 5.62. The van der Waals surface area contributed by atoms with Gasteiger partial charge in [0, 0.05) is 61.0 Å². The van der Waals surface area contributed by atoms with Crippen molar-refractivity contribution in [3.05, 3.63) is 53.5 Å². The first-order valence-corrected chi connectivity index (χ1v) is 11.2. The lowest BCUT2D eigenvalue weighted by molar-refractivity contribution is 0.312. The van der Waals surface area contributed by atoms with Crippen molar-refractivity contribution in [3.63, 3.8) is 0 Å². The highest BCUT2D eigenvalue weighted by Crippen LogP contribution is 2.43. The maximum Gasteiger partial charge on any atom is 0.229 e. The van der Waals surface area contributed by atoms with Gasteiger partial charge in [0.25, 0.3) is 0 Å². The maximum absolute atomic E-state index is 14.5. The smallest absolute Gasteiger partial charge is 0.229 e. The zero-order valence-electron chi connectivity index (χ0n) is 18.8. The van der Waals surface area contributed by atoms with E-state index in [1.165, 1.54) is 5.69 Å². The van der Waals surface area contributed by atoms with Crippen molar-refractivity contribution in [1.82, 2.24) is 14.9 Å². The monoisotopic (exact) mass is 449 g/mol. The number of carbonyl (C=O) groups excluding carboxylic acids is 1. The van der Waals surface area contributed by atoms with Gasteiger partial charge in [-0.3, -0.25) is 0 Å². The van der Waals surface area contributed by atoms with E-state index < -0.39 is 5.82 Å². The quantitative estimate of drug-likeness (QED) is 0.472. The highest BCUT2D eigenvalue weighted by atomic mass is 19.1. The average Bonchev–Trinajstić information content (AvgIpc) is 3.33. The normalized spacial score (nSPS) is 26.5. The van der Waals surface area contributed by atoms with E-state index in [0.29, 0.717) is 5.57 Å². The molecule has 8 nitrogen and oxygen atoms in total. The SMILES string of the molecule is Cc1cc(Nc2ncc(F)c(N[C@H]3[C@@H](N)[C@H]4C=C[C@@H]3C4=C=O)n2)ccc1N1CCN(C)CC1. The third-order valence-corrected chi connectivity index (χ3v) is 6.92. The summed E-state index contributed by atoms with van der Waals surface area (Å²) >= 11 is 0. The van der Waals surface area contributed by atoms with E-state index in [-0.39, 0.29) is 35.7 Å². The summed E-state index contributed by atoms with van der Waals surface area (Å²) < 4.78 is 14.5. The molecule has 5 rings (SSSR count). The second-order valence-corrected chi connectivity index (χ2v) is 9.05. The topological polar surface area (TPSA) is 99.4 Å². The van der Waals surface area contributed by atoms with Crippen LogP contribution in [0.3, 0.4) is 0 Å². The Labute approximate surface area is 192 Å². The number of aryl methyl sites for hydroxylation is 1. The van der Waals surface area contributed by atoms with Crippen molar-refractivity contribution in [2.75, 3.05) is 48.8 Å². The molecular weight excluding hydrogens is 421 g/mol. The molecular formula is C24H28FN7O. The van der Waals surface area contributed by atoms with Crippen molar-refractivity contribution in [2.45, 2.75) is 19.0 Å². The molecule has 3 aliphatic rings. The number of piperazine rings is 1. The predicted molar refractivity (Wildman–Crippen MR) is 127 cm³/mol. The van der Waals surface area contributed by atoms with Gasteiger partial charge < -0.3 is 26.2 Å². The molecule has 2 aliphatic carbocycles. The highest BCUT2D eigenvalue weighted by molar-refractivity contribution is 5.65. The molecule has 4 atom stereocenters. The number of hydrogen-bond donors (Lipinski definition) is 3. The molecule has 1 saturated heterocycles. The minimum atomic E-state index is -0.572. The Morgan fingerprint density at radius 1 is 1.18 bits per heavy atom. The van der Waals surface area contributed by atoms with Crippen LogP contribution >= 0.6 is 0 Å². The van der Waals surface area contributed by atoms with Gasteiger partial charge in [0.2, 0.25) is 5.95 Å². The highest BCUT2D eigenvalue weighted by Gasteiger charge is 2.48. The first kappa shape index (κ1) is 21.6. The lowest BCUT2D eigenvalue weighted by atomic mass is 9.97. The van der Waals surface area contributed by atoms with Crippen LogP contribution in [0.4, 0.5) is 27.5 Å². The van der Waals surface area contributed by atoms with Gasteiger partial charge in [0.05, 0.1) is 12.2 Å². The van der Waals surface area contributed by atoms with E-state index in [1.807, 2.05) is 30.2 Å². The number of hydrogen-bond acceptors (Lipinski definition) is 8. The van der Waals surface area contributed by atoms with Crippen molar-refractivity contribution < 1.29 is 9.18 Å². The number of halogens is 1. The van der Waals surface area contributed by atoms with E-state index in [2.05, 4.69) is 50.4 Å². The molecule has 1 saturated carbocycles. The Morgan fingerprint density at radius 3 is 2.64 bits per heavy atom. The number of anilines is 4. The molecule has 1 aromatic carbocycles. The van der Waals surface area contributed by atoms with E-state index in [4.69, 9.17) is 5.73 Å². The summed E-state index contributed by atoms with van der Waals surface area (Å²) in [4.78, 5) is 24.5. The first-order chi connectivity index (χ1) is 15.9. The zero-order valence-corrected chi connectivity index (χ0v) is 18.8. The van der Waals surface area contributed by atoms with E-state index in [1.54, 1.807) is 0 Å². The molecule has 2 heterocycles. The molecule has 4 N–H and O–H groups in total. The van der Waals surface area contributed by atoms with Crippen LogP contribution in [-0.2, 0) is 4.79 Å². The second-order valence-electron chi connectivity index (χ2n) is 9.05. The summed E-state index contributed by atoms with van der Waals surface area (Å²) in [5.41, 5.74) is 10.1. The molecule has 0 radical (unpaired) electrons. The third-order valence-electron chi connectivity index (χ3n) is 6.92. The second kappa shape index (κ2) is 8.59. The molecule has 1 aromatic heterocycles. The summed E-state index contributed by atoms with van der Waals surface area (Å²) in [6, 6.07) is 5.47. The zero-order chi connectivity index (χ0) is 23.1. The number of nitrogens with two attached hydrogens (primary N) is 1. The summed E-state index contributed by atoms with van der Waals surface area (Å²) in [6.45, 7) is 6.18. The molecule has 0 unspecified atom stereocenters. The van der Waals surface area contributed by atoms with Crippen LogP contribution in [0.1, 0.15) is 5.56 Å². The van der Waals surface area contributed by atoms with Gasteiger partial charge in [-0.1, -0.05) is 12.2 Å². The van der Waals surface area contributed by atoms with Crippen LogP contribution in [0, 0.1) is 24.6 Å². The number of aromatic nitrogens is 2. The Morgan fingerprint density at radius 2 is 1.94 bits per heavy atom. The molecule has 33 heavy (non-hydrogen) atoms. The summed E-state index contributed by atoms with van der Waals surface area (Å²) in [5, 5.41) is 6.27. The molecule has 0 amide bonds. The fourth-order valence-electron chi connectivity index (χ4n) is 5.05.